The fourth-order valence-electron chi connectivity index (χ4n) is 4.90. The number of amides is 4. The average molecular weight is 609 g/mol. The van der Waals surface area contributed by atoms with E-state index in [2.05, 4.69) is 22.9 Å². The zero-order valence-electron chi connectivity index (χ0n) is 26.0. The van der Waals surface area contributed by atoms with E-state index in [4.69, 9.17) is 10.8 Å². The predicted molar refractivity (Wildman–Crippen MR) is 161 cm³/mol. The second-order valence-corrected chi connectivity index (χ2v) is 11.9. The zero-order valence-corrected chi connectivity index (χ0v) is 26.0. The molecule has 0 aromatic carbocycles. The molecular weight excluding hydrogens is 556 g/mol. The molecule has 0 heterocycles. The van der Waals surface area contributed by atoms with Crippen LogP contribution in [0, 0.1) is 0 Å². The van der Waals surface area contributed by atoms with Gasteiger partial charge in [0.1, 0.15) is 18.2 Å². The molecule has 1 aliphatic carbocycles. The molecule has 2 atom stereocenters. The molecule has 0 saturated heterocycles. The van der Waals surface area contributed by atoms with Crippen LogP contribution >= 0.6 is 0 Å². The highest BCUT2D eigenvalue weighted by Crippen LogP contribution is 2.37. The van der Waals surface area contributed by atoms with E-state index in [1.54, 1.807) is 6.92 Å². The number of primary amides is 1. The molecule has 1 aliphatic rings. The molecule has 12 heteroatoms. The van der Waals surface area contributed by atoms with Gasteiger partial charge in [0, 0.05) is 18.9 Å². The van der Waals surface area contributed by atoms with E-state index in [9.17, 15) is 33.6 Å². The van der Waals surface area contributed by atoms with Gasteiger partial charge in [-0.25, -0.2) is 0 Å². The highest BCUT2D eigenvalue weighted by Gasteiger charge is 2.51. The number of carbonyl (C=O) groups is 7. The minimum atomic E-state index is -1.28. The quantitative estimate of drug-likeness (QED) is 0.0728. The van der Waals surface area contributed by atoms with Crippen LogP contribution in [0.15, 0.2) is 0 Å². The lowest BCUT2D eigenvalue weighted by atomic mass is 10.0. The first kappa shape index (κ1) is 37.7. The molecule has 1 saturated carbocycles. The smallest absolute Gasteiger partial charge is 0.310 e. The van der Waals surface area contributed by atoms with Gasteiger partial charge in [-0.3, -0.25) is 33.6 Å². The van der Waals surface area contributed by atoms with Gasteiger partial charge in [-0.1, -0.05) is 71.1 Å². The Morgan fingerprint density at radius 1 is 0.767 bits per heavy atom. The number of hydrogen-bond donors (Lipinski definition) is 5. The highest BCUT2D eigenvalue weighted by atomic mass is 16.4. The zero-order chi connectivity index (χ0) is 32.3. The summed E-state index contributed by atoms with van der Waals surface area (Å²) in [6, 6.07) is -1.62. The van der Waals surface area contributed by atoms with Gasteiger partial charge in [0.05, 0.1) is 18.4 Å². The molecule has 1 fully saturated rings. The van der Waals surface area contributed by atoms with Gasteiger partial charge < -0.3 is 26.8 Å². The summed E-state index contributed by atoms with van der Waals surface area (Å²) in [4.78, 5) is 84.0. The van der Waals surface area contributed by atoms with Gasteiger partial charge in [-0.05, 0) is 32.6 Å². The maximum absolute atomic E-state index is 12.8. The van der Waals surface area contributed by atoms with Crippen molar-refractivity contribution in [3.05, 3.63) is 0 Å². The van der Waals surface area contributed by atoms with Crippen molar-refractivity contribution < 1.29 is 38.7 Å². The lowest BCUT2D eigenvalue weighted by Crippen LogP contribution is -2.50. The third-order valence-corrected chi connectivity index (χ3v) is 7.64. The molecule has 12 nitrogen and oxygen atoms in total. The lowest BCUT2D eigenvalue weighted by molar-refractivity contribution is -0.142. The van der Waals surface area contributed by atoms with Crippen molar-refractivity contribution in [3.63, 3.8) is 0 Å². The summed E-state index contributed by atoms with van der Waals surface area (Å²) in [5.74, 6) is -4.58. The predicted octanol–water partition coefficient (Wildman–Crippen LogP) is 2.98. The number of unbranched alkanes of at least 4 members (excludes halogenated alkanes) is 10. The summed E-state index contributed by atoms with van der Waals surface area (Å²) >= 11 is 0. The van der Waals surface area contributed by atoms with Crippen molar-refractivity contribution in [2.45, 2.75) is 153 Å². The third kappa shape index (κ3) is 17.4. The van der Waals surface area contributed by atoms with Gasteiger partial charge in [-0.2, -0.15) is 0 Å². The van der Waals surface area contributed by atoms with Crippen molar-refractivity contribution in [1.82, 2.24) is 16.0 Å². The van der Waals surface area contributed by atoms with Crippen LogP contribution in [0.3, 0.4) is 0 Å². The third-order valence-electron chi connectivity index (χ3n) is 7.64. The maximum Gasteiger partial charge on any atom is 0.310 e. The molecular formula is C31H52N4O8. The van der Waals surface area contributed by atoms with Gasteiger partial charge in [0.25, 0.3) is 0 Å². The molecule has 244 valence electrons. The number of carboxylic acid groups (broad SMARTS) is 1. The standard InChI is InChI=1S/C31H52N4O8/c1-3-4-5-6-7-8-9-10-11-12-13-14-27(39)34-24(20-26(32)38)30(43)33-22(2)15-16-23(36)19-28(40)35-31(17-18-31)25(37)21-29(41)42/h22,24H,3-21H2,1-2H3,(H2,32,38)(H,33,43)(H,34,39)(H,35,40)(H,41,42)/t22-,24+/m0/s1. The Balaban J connectivity index is 2.33. The normalized spacial score (nSPS) is 14.7. The molecule has 0 aromatic rings. The Labute approximate surface area is 255 Å². The van der Waals surface area contributed by atoms with Crippen molar-refractivity contribution >= 4 is 41.2 Å². The number of aliphatic carboxylic acids is 1. The molecule has 1 rings (SSSR count). The van der Waals surface area contributed by atoms with Crippen molar-refractivity contribution in [2.75, 3.05) is 0 Å². The number of ketones is 2. The summed E-state index contributed by atoms with van der Waals surface area (Å²) in [5, 5.41) is 16.6. The minimum absolute atomic E-state index is 0.0311. The monoisotopic (exact) mass is 608 g/mol. The summed E-state index contributed by atoms with van der Waals surface area (Å²) in [5.41, 5.74) is 4.09. The summed E-state index contributed by atoms with van der Waals surface area (Å²) < 4.78 is 0. The number of rotatable bonds is 26. The molecule has 0 spiro atoms. The molecule has 4 amide bonds. The first-order valence-electron chi connectivity index (χ1n) is 15.8. The Morgan fingerprint density at radius 3 is 1.84 bits per heavy atom. The topological polar surface area (TPSA) is 202 Å². The van der Waals surface area contributed by atoms with Crippen molar-refractivity contribution in [3.8, 4) is 0 Å². The molecule has 6 N–H and O–H groups in total. The van der Waals surface area contributed by atoms with E-state index in [0.29, 0.717) is 19.3 Å². The van der Waals surface area contributed by atoms with Gasteiger partial charge in [0.15, 0.2) is 5.78 Å². The fraction of sp³-hybridized carbons (Fsp3) is 0.774. The summed E-state index contributed by atoms with van der Waals surface area (Å²) in [6.45, 7) is 3.86. The summed E-state index contributed by atoms with van der Waals surface area (Å²) in [6.07, 6.45) is 12.3. The molecule has 0 aliphatic heterocycles. The van der Waals surface area contributed by atoms with Crippen molar-refractivity contribution in [1.29, 1.82) is 0 Å². The van der Waals surface area contributed by atoms with E-state index in [0.717, 1.165) is 19.3 Å². The fourth-order valence-corrected chi connectivity index (χ4v) is 4.90. The second kappa shape index (κ2) is 20.6. The summed E-state index contributed by atoms with van der Waals surface area (Å²) in [7, 11) is 0. The van der Waals surface area contributed by atoms with E-state index < -0.39 is 65.7 Å². The number of carbonyl (C=O) groups excluding carboxylic acids is 6. The Morgan fingerprint density at radius 2 is 1.33 bits per heavy atom. The van der Waals surface area contributed by atoms with Crippen molar-refractivity contribution in [2.24, 2.45) is 5.73 Å². The van der Waals surface area contributed by atoms with Crippen LogP contribution in [-0.2, 0) is 33.6 Å². The van der Waals surface area contributed by atoms with Crippen LogP contribution in [0.25, 0.3) is 0 Å². The number of nitrogens with two attached hydrogens (primary N) is 1. The molecule has 43 heavy (non-hydrogen) atoms. The van der Waals surface area contributed by atoms with Gasteiger partial charge in [-0.15, -0.1) is 0 Å². The van der Waals surface area contributed by atoms with Gasteiger partial charge >= 0.3 is 5.97 Å². The number of nitrogens with one attached hydrogen (secondary N) is 3. The van der Waals surface area contributed by atoms with Crippen LogP contribution < -0.4 is 21.7 Å². The first-order chi connectivity index (χ1) is 20.4. The first-order valence-corrected chi connectivity index (χ1v) is 15.8. The Bertz CT molecular complexity index is 963. The number of carboxylic acids is 1. The van der Waals surface area contributed by atoms with E-state index in [-0.39, 0.29) is 31.6 Å². The molecule has 0 aromatic heterocycles. The molecule has 0 bridgehead atoms. The van der Waals surface area contributed by atoms with Crippen LogP contribution in [-0.4, -0.2) is 63.9 Å². The second-order valence-electron chi connectivity index (χ2n) is 11.9. The SMILES string of the molecule is CCCCCCCCCCCCCC(=O)N[C@H](CC(N)=O)C(=O)N[C@@H](C)CCC(=O)CC(=O)NC1(C(=O)CC(=O)O)CC1. The largest absolute Gasteiger partial charge is 0.481 e. The number of Topliss-reactive ketones (excluding diaryl/α,β-unsaturated/α-hetero) is 2. The molecule has 0 radical (unpaired) electrons. The van der Waals surface area contributed by atoms with Crippen LogP contribution in [0.5, 0.6) is 0 Å². The number of hydrogen-bond acceptors (Lipinski definition) is 7. The van der Waals surface area contributed by atoms with E-state index in [1.807, 2.05) is 0 Å². The van der Waals surface area contributed by atoms with Gasteiger partial charge in [0.2, 0.25) is 23.6 Å². The van der Waals surface area contributed by atoms with Crippen LogP contribution in [0.2, 0.25) is 0 Å². The lowest BCUT2D eigenvalue weighted by Gasteiger charge is -2.20. The van der Waals surface area contributed by atoms with E-state index in [1.165, 1.54) is 44.9 Å². The maximum atomic E-state index is 12.8. The molecule has 0 unspecified atom stereocenters. The van der Waals surface area contributed by atoms with Crippen LogP contribution in [0.4, 0.5) is 0 Å². The Kier molecular flexibility index (Phi) is 18.0. The minimum Gasteiger partial charge on any atom is -0.481 e. The average Bonchev–Trinajstić information content (AvgIpc) is 3.70. The van der Waals surface area contributed by atoms with E-state index >= 15 is 0 Å². The Hall–Kier alpha value is -3.31. The highest BCUT2D eigenvalue weighted by molar-refractivity contribution is 6.06. The van der Waals surface area contributed by atoms with Crippen LogP contribution in [0.1, 0.15) is 136 Å².